The van der Waals surface area contributed by atoms with Crippen LogP contribution in [0.3, 0.4) is 0 Å². The quantitative estimate of drug-likeness (QED) is 0.465. The number of sulfone groups is 1. The SMILES string of the molecule is C.Cc1ccccc1-c1cccc(S(=O)(=O)c2cc(C(=N)N)sc2Cl)c1. The summed E-state index contributed by atoms with van der Waals surface area (Å²) in [6, 6.07) is 15.9. The largest absolute Gasteiger partial charge is 0.383 e. The molecule has 0 aliphatic heterocycles. The van der Waals surface area contributed by atoms with Crippen LogP contribution in [-0.2, 0) is 9.84 Å². The van der Waals surface area contributed by atoms with Gasteiger partial charge in [0.1, 0.15) is 15.1 Å². The third-order valence-electron chi connectivity index (χ3n) is 3.81. The fourth-order valence-electron chi connectivity index (χ4n) is 2.52. The normalized spacial score (nSPS) is 11.0. The van der Waals surface area contributed by atoms with Crippen LogP contribution < -0.4 is 5.73 Å². The van der Waals surface area contributed by atoms with Crippen molar-refractivity contribution in [3.63, 3.8) is 0 Å². The Morgan fingerprint density at radius 1 is 1.12 bits per heavy atom. The molecule has 0 aliphatic carbocycles. The van der Waals surface area contributed by atoms with Crippen LogP contribution in [0.15, 0.2) is 64.4 Å². The second-order valence-electron chi connectivity index (χ2n) is 5.51. The molecule has 1 aromatic heterocycles. The highest BCUT2D eigenvalue weighted by atomic mass is 35.5. The molecule has 7 heteroatoms. The van der Waals surface area contributed by atoms with E-state index in [9.17, 15) is 8.42 Å². The lowest BCUT2D eigenvalue weighted by atomic mass is 10.0. The van der Waals surface area contributed by atoms with E-state index in [2.05, 4.69) is 0 Å². The zero-order valence-corrected chi connectivity index (χ0v) is 15.7. The summed E-state index contributed by atoms with van der Waals surface area (Å²) >= 11 is 7.08. The predicted octanol–water partition coefficient (Wildman–Crippen LogP) is 5.13. The van der Waals surface area contributed by atoms with Crippen molar-refractivity contribution in [2.75, 3.05) is 0 Å². The van der Waals surface area contributed by atoms with Gasteiger partial charge in [-0.05, 0) is 41.8 Å². The zero-order chi connectivity index (χ0) is 18.2. The van der Waals surface area contributed by atoms with E-state index in [1.54, 1.807) is 18.2 Å². The second kappa shape index (κ2) is 7.61. The van der Waals surface area contributed by atoms with Gasteiger partial charge in [0.25, 0.3) is 0 Å². The van der Waals surface area contributed by atoms with Crippen LogP contribution in [0.5, 0.6) is 0 Å². The first-order valence-electron chi connectivity index (χ1n) is 7.35. The summed E-state index contributed by atoms with van der Waals surface area (Å²) in [5.41, 5.74) is 8.28. The molecule has 0 unspecified atom stereocenters. The van der Waals surface area contributed by atoms with E-state index in [0.29, 0.717) is 4.88 Å². The number of hydrogen-bond donors (Lipinski definition) is 2. The molecule has 1 heterocycles. The van der Waals surface area contributed by atoms with Gasteiger partial charge in [-0.2, -0.15) is 0 Å². The van der Waals surface area contributed by atoms with Crippen molar-refractivity contribution in [1.82, 2.24) is 0 Å². The van der Waals surface area contributed by atoms with Crippen molar-refractivity contribution in [1.29, 1.82) is 5.41 Å². The Morgan fingerprint density at radius 2 is 1.81 bits per heavy atom. The van der Waals surface area contributed by atoms with Crippen LogP contribution in [-0.4, -0.2) is 14.3 Å². The number of halogens is 1. The number of nitrogen functional groups attached to an aromatic ring is 1. The third kappa shape index (κ3) is 3.67. The monoisotopic (exact) mass is 406 g/mol. The average Bonchev–Trinajstić information content (AvgIpc) is 2.98. The highest BCUT2D eigenvalue weighted by molar-refractivity contribution is 7.91. The van der Waals surface area contributed by atoms with E-state index >= 15 is 0 Å². The maximum absolute atomic E-state index is 13.0. The first-order chi connectivity index (χ1) is 11.8. The lowest BCUT2D eigenvalue weighted by molar-refractivity contribution is 0.596. The number of nitrogens with two attached hydrogens (primary N) is 1. The van der Waals surface area contributed by atoms with E-state index in [1.165, 1.54) is 6.07 Å². The van der Waals surface area contributed by atoms with Gasteiger partial charge in [0, 0.05) is 0 Å². The summed E-state index contributed by atoms with van der Waals surface area (Å²) in [6.07, 6.45) is 0. The van der Waals surface area contributed by atoms with Crippen LogP contribution in [0.25, 0.3) is 11.1 Å². The van der Waals surface area contributed by atoms with Crippen molar-refractivity contribution in [2.45, 2.75) is 24.1 Å². The number of hydrogen-bond acceptors (Lipinski definition) is 4. The Bertz CT molecular complexity index is 1070. The van der Waals surface area contributed by atoms with Crippen LogP contribution in [0, 0.1) is 12.3 Å². The molecule has 0 aliphatic rings. The van der Waals surface area contributed by atoms with Crippen molar-refractivity contribution < 1.29 is 8.42 Å². The molecule has 2 aromatic carbocycles. The minimum atomic E-state index is -3.80. The van der Waals surface area contributed by atoms with Crippen molar-refractivity contribution in [3.8, 4) is 11.1 Å². The second-order valence-corrected chi connectivity index (χ2v) is 9.08. The highest BCUT2D eigenvalue weighted by Crippen LogP contribution is 2.36. The van der Waals surface area contributed by atoms with Gasteiger partial charge in [-0.25, -0.2) is 8.42 Å². The molecule has 0 atom stereocenters. The molecular weight excluding hydrogens is 388 g/mol. The van der Waals surface area contributed by atoms with Crippen LogP contribution in [0.2, 0.25) is 4.34 Å². The van der Waals surface area contributed by atoms with Crippen molar-refractivity contribution >= 4 is 38.6 Å². The van der Waals surface area contributed by atoms with Gasteiger partial charge in [0.15, 0.2) is 0 Å². The summed E-state index contributed by atoms with van der Waals surface area (Å²) in [5.74, 6) is -0.206. The van der Waals surface area contributed by atoms with Gasteiger partial charge >= 0.3 is 0 Å². The number of benzene rings is 2. The molecule has 0 saturated carbocycles. The zero-order valence-electron chi connectivity index (χ0n) is 13.3. The van der Waals surface area contributed by atoms with Crippen LogP contribution in [0.4, 0.5) is 0 Å². The Hall–Kier alpha value is -2.15. The number of nitrogens with one attached hydrogen (secondary N) is 1. The first-order valence-corrected chi connectivity index (χ1v) is 10.0. The van der Waals surface area contributed by atoms with Gasteiger partial charge in [-0.15, -0.1) is 11.3 Å². The molecule has 3 aromatic rings. The Labute approximate surface area is 162 Å². The molecular formula is C19H19ClN2O2S2. The minimum absolute atomic E-state index is 0. The maximum Gasteiger partial charge on any atom is 0.208 e. The van der Waals surface area contributed by atoms with E-state index in [-0.39, 0.29) is 27.4 Å². The number of rotatable bonds is 4. The fraction of sp³-hybridized carbons (Fsp3) is 0.105. The highest BCUT2D eigenvalue weighted by Gasteiger charge is 2.24. The topological polar surface area (TPSA) is 84.0 Å². The lowest BCUT2D eigenvalue weighted by Gasteiger charge is -2.09. The fourth-order valence-corrected chi connectivity index (χ4v) is 5.58. The Balaban J connectivity index is 0.00000243. The average molecular weight is 407 g/mol. The minimum Gasteiger partial charge on any atom is -0.383 e. The van der Waals surface area contributed by atoms with Gasteiger partial charge < -0.3 is 5.73 Å². The molecule has 3 rings (SSSR count). The summed E-state index contributed by atoms with van der Waals surface area (Å²) in [5, 5.41) is 7.46. The predicted molar refractivity (Wildman–Crippen MR) is 109 cm³/mol. The maximum atomic E-state index is 13.0. The first kappa shape index (κ1) is 20.2. The van der Waals surface area contributed by atoms with Crippen LogP contribution >= 0.6 is 22.9 Å². The summed E-state index contributed by atoms with van der Waals surface area (Å²) in [6.45, 7) is 1.98. The van der Waals surface area contributed by atoms with E-state index in [1.807, 2.05) is 37.3 Å². The molecule has 0 saturated heterocycles. The Morgan fingerprint density at radius 3 is 2.42 bits per heavy atom. The molecule has 4 nitrogen and oxygen atoms in total. The number of thiophene rings is 1. The third-order valence-corrected chi connectivity index (χ3v) is 7.22. The van der Waals surface area contributed by atoms with Gasteiger partial charge in [0.2, 0.25) is 9.84 Å². The smallest absolute Gasteiger partial charge is 0.208 e. The number of aryl methyl sites for hydroxylation is 1. The molecule has 0 bridgehead atoms. The van der Waals surface area contributed by atoms with Gasteiger partial charge in [0.05, 0.1) is 9.77 Å². The molecule has 0 radical (unpaired) electrons. The van der Waals surface area contributed by atoms with Gasteiger partial charge in [-0.3, -0.25) is 5.41 Å². The summed E-state index contributed by atoms with van der Waals surface area (Å²) in [4.78, 5) is 0.466. The van der Waals surface area contributed by atoms with E-state index in [0.717, 1.165) is 28.0 Å². The molecule has 0 amide bonds. The van der Waals surface area contributed by atoms with Crippen molar-refractivity contribution in [2.24, 2.45) is 5.73 Å². The summed E-state index contributed by atoms with van der Waals surface area (Å²) < 4.78 is 26.0. The molecule has 0 fully saturated rings. The molecule has 0 spiro atoms. The van der Waals surface area contributed by atoms with Gasteiger partial charge in [-0.1, -0.05) is 55.4 Å². The van der Waals surface area contributed by atoms with E-state index < -0.39 is 9.84 Å². The van der Waals surface area contributed by atoms with Crippen molar-refractivity contribution in [3.05, 3.63) is 69.4 Å². The number of amidine groups is 1. The molecule has 136 valence electrons. The molecule has 26 heavy (non-hydrogen) atoms. The van der Waals surface area contributed by atoms with E-state index in [4.69, 9.17) is 22.7 Å². The lowest BCUT2D eigenvalue weighted by Crippen LogP contribution is -2.08. The summed E-state index contributed by atoms with van der Waals surface area (Å²) in [7, 11) is -3.80. The Kier molecular flexibility index (Phi) is 5.91. The molecule has 3 N–H and O–H groups in total. The van der Waals surface area contributed by atoms with Crippen LogP contribution in [0.1, 0.15) is 17.9 Å². The standard InChI is InChI=1S/C18H15ClN2O2S2.CH4/c1-11-5-2-3-8-14(11)12-6-4-7-13(9-12)25(22,23)16-10-15(18(20)21)24-17(16)19;/h2-10H,1H3,(H3,20,21);1H4.